The quantitative estimate of drug-likeness (QED) is 0.496. The maximum Gasteiger partial charge on any atom is 0.267 e. The number of amides is 2. The van der Waals surface area contributed by atoms with Crippen LogP contribution in [-0.4, -0.2) is 32.8 Å². The number of benzene rings is 2. The zero-order valence-electron chi connectivity index (χ0n) is 17.5. The number of ether oxygens (including phenoxy) is 1. The Hall–Kier alpha value is -4.38. The van der Waals surface area contributed by atoms with Crippen LogP contribution in [0.5, 0.6) is 11.5 Å². The minimum absolute atomic E-state index is 0.0781. The summed E-state index contributed by atoms with van der Waals surface area (Å²) in [7, 11) is 0. The number of nitrogens with zero attached hydrogens (tertiary/aromatic N) is 4. The summed E-state index contributed by atoms with van der Waals surface area (Å²) in [5, 5.41) is 9.15. The van der Waals surface area contributed by atoms with E-state index in [0.29, 0.717) is 41.6 Å². The van der Waals surface area contributed by atoms with Crippen molar-refractivity contribution in [2.75, 3.05) is 6.54 Å². The van der Waals surface area contributed by atoms with Gasteiger partial charge >= 0.3 is 0 Å². The third-order valence-corrected chi connectivity index (χ3v) is 5.24. The summed E-state index contributed by atoms with van der Waals surface area (Å²) >= 11 is 0. The molecule has 8 heteroatoms. The predicted octanol–water partition coefficient (Wildman–Crippen LogP) is 3.25. The first-order valence-corrected chi connectivity index (χ1v) is 10.1. The van der Waals surface area contributed by atoms with Crippen molar-refractivity contribution in [2.24, 2.45) is 5.73 Å². The van der Waals surface area contributed by atoms with Crippen LogP contribution in [0.4, 0.5) is 0 Å². The Bertz CT molecular complexity index is 1240. The fourth-order valence-electron chi connectivity index (χ4n) is 3.67. The van der Waals surface area contributed by atoms with Gasteiger partial charge in [-0.2, -0.15) is 5.26 Å². The molecule has 4 rings (SSSR count). The molecule has 1 aliphatic heterocycles. The number of aromatic nitrogens is 2. The SMILES string of the molecule is C/C=C(\C#N)C(=O)N1CCn2c(nc(-c3ccc(Oc4ccccc4)cc3)c2C(N)=O)C1. The predicted molar refractivity (Wildman–Crippen MR) is 117 cm³/mol. The average Bonchev–Trinajstić information content (AvgIpc) is 3.20. The van der Waals surface area contributed by atoms with Crippen LogP contribution in [0.25, 0.3) is 11.3 Å². The second-order valence-corrected chi connectivity index (χ2v) is 7.22. The first-order chi connectivity index (χ1) is 15.5. The molecule has 2 aromatic carbocycles. The van der Waals surface area contributed by atoms with Crippen molar-refractivity contribution in [1.82, 2.24) is 14.5 Å². The molecule has 2 heterocycles. The van der Waals surface area contributed by atoms with Gasteiger partial charge in [0.2, 0.25) is 0 Å². The van der Waals surface area contributed by atoms with Crippen LogP contribution < -0.4 is 10.5 Å². The minimum atomic E-state index is -0.589. The Kier molecular flexibility index (Phi) is 5.73. The van der Waals surface area contributed by atoms with E-state index in [2.05, 4.69) is 4.98 Å². The minimum Gasteiger partial charge on any atom is -0.457 e. The summed E-state index contributed by atoms with van der Waals surface area (Å²) in [6, 6.07) is 18.6. The Labute approximate surface area is 185 Å². The van der Waals surface area contributed by atoms with Crippen LogP contribution in [-0.2, 0) is 17.9 Å². The van der Waals surface area contributed by atoms with Gasteiger partial charge in [0.25, 0.3) is 11.8 Å². The molecule has 2 amide bonds. The van der Waals surface area contributed by atoms with Crippen molar-refractivity contribution in [3.63, 3.8) is 0 Å². The summed E-state index contributed by atoms with van der Waals surface area (Å²) in [4.78, 5) is 31.0. The number of hydrogen-bond acceptors (Lipinski definition) is 5. The van der Waals surface area contributed by atoms with E-state index < -0.39 is 5.91 Å². The summed E-state index contributed by atoms with van der Waals surface area (Å²) in [6.45, 7) is 2.55. The summed E-state index contributed by atoms with van der Waals surface area (Å²) in [5.74, 6) is 0.976. The van der Waals surface area contributed by atoms with E-state index in [9.17, 15) is 9.59 Å². The Morgan fingerprint density at radius 2 is 1.78 bits per heavy atom. The number of fused-ring (bicyclic) bond motifs is 1. The number of rotatable bonds is 5. The van der Waals surface area contributed by atoms with E-state index in [1.165, 1.54) is 6.08 Å². The van der Waals surface area contributed by atoms with Gasteiger partial charge in [-0.1, -0.05) is 24.3 Å². The third kappa shape index (κ3) is 3.96. The van der Waals surface area contributed by atoms with Gasteiger partial charge in [0.1, 0.15) is 40.4 Å². The average molecular weight is 427 g/mol. The largest absolute Gasteiger partial charge is 0.457 e. The number of carbonyl (C=O) groups excluding carboxylic acids is 2. The molecule has 0 aliphatic carbocycles. The molecule has 0 saturated carbocycles. The first kappa shape index (κ1) is 20.9. The highest BCUT2D eigenvalue weighted by Crippen LogP contribution is 2.30. The zero-order chi connectivity index (χ0) is 22.7. The lowest BCUT2D eigenvalue weighted by Crippen LogP contribution is -2.39. The monoisotopic (exact) mass is 427 g/mol. The molecule has 1 aliphatic rings. The summed E-state index contributed by atoms with van der Waals surface area (Å²) in [5.41, 5.74) is 7.23. The molecule has 0 spiro atoms. The molecule has 1 aromatic heterocycles. The van der Waals surface area contributed by atoms with Gasteiger partial charge in [0.15, 0.2) is 0 Å². The van der Waals surface area contributed by atoms with E-state index in [0.717, 1.165) is 5.75 Å². The van der Waals surface area contributed by atoms with Crippen LogP contribution in [0, 0.1) is 11.3 Å². The van der Waals surface area contributed by atoms with Gasteiger partial charge in [0.05, 0.1) is 6.54 Å². The van der Waals surface area contributed by atoms with E-state index in [-0.39, 0.29) is 18.0 Å². The van der Waals surface area contributed by atoms with Crippen LogP contribution in [0.1, 0.15) is 23.2 Å². The Morgan fingerprint density at radius 1 is 1.09 bits per heavy atom. The van der Waals surface area contributed by atoms with Crippen molar-refractivity contribution >= 4 is 11.8 Å². The van der Waals surface area contributed by atoms with E-state index >= 15 is 0 Å². The maximum atomic E-state index is 12.5. The maximum absolute atomic E-state index is 12.5. The lowest BCUT2D eigenvalue weighted by molar-refractivity contribution is -0.128. The van der Waals surface area contributed by atoms with Gasteiger partial charge in [-0.25, -0.2) is 4.98 Å². The highest BCUT2D eigenvalue weighted by atomic mass is 16.5. The topological polar surface area (TPSA) is 114 Å². The van der Waals surface area contributed by atoms with Crippen molar-refractivity contribution in [3.8, 4) is 28.8 Å². The number of imidazole rings is 1. The second kappa shape index (κ2) is 8.78. The van der Waals surface area contributed by atoms with Gasteiger partial charge in [0, 0.05) is 18.7 Å². The van der Waals surface area contributed by atoms with Crippen molar-refractivity contribution in [3.05, 3.63) is 77.8 Å². The normalized spacial score (nSPS) is 13.2. The number of carbonyl (C=O) groups is 2. The lowest BCUT2D eigenvalue weighted by atomic mass is 10.1. The second-order valence-electron chi connectivity index (χ2n) is 7.22. The molecule has 32 heavy (non-hydrogen) atoms. The number of primary amides is 1. The van der Waals surface area contributed by atoms with E-state index in [4.69, 9.17) is 15.7 Å². The van der Waals surface area contributed by atoms with Crippen molar-refractivity contribution < 1.29 is 14.3 Å². The van der Waals surface area contributed by atoms with Gasteiger partial charge in [-0.15, -0.1) is 0 Å². The van der Waals surface area contributed by atoms with Crippen LogP contribution in [0.2, 0.25) is 0 Å². The fraction of sp³-hybridized carbons (Fsp3) is 0.167. The van der Waals surface area contributed by atoms with Gasteiger partial charge < -0.3 is 19.9 Å². The Morgan fingerprint density at radius 3 is 2.41 bits per heavy atom. The molecule has 2 N–H and O–H groups in total. The Balaban J connectivity index is 1.63. The van der Waals surface area contributed by atoms with Crippen LogP contribution in [0.3, 0.4) is 0 Å². The summed E-state index contributed by atoms with van der Waals surface area (Å²) < 4.78 is 7.57. The molecule has 0 radical (unpaired) electrons. The standard InChI is InChI=1S/C24H21N5O3/c1-2-16(14-25)24(31)28-12-13-29-20(15-28)27-21(22(29)23(26)30)17-8-10-19(11-9-17)32-18-6-4-3-5-7-18/h2-11H,12-13,15H2,1H3,(H2,26,30)/b16-2+. The number of hydrogen-bond donors (Lipinski definition) is 1. The number of allylic oxidation sites excluding steroid dienone is 1. The van der Waals surface area contributed by atoms with Crippen molar-refractivity contribution in [2.45, 2.75) is 20.0 Å². The number of nitriles is 1. The molecule has 0 fully saturated rings. The van der Waals surface area contributed by atoms with Gasteiger partial charge in [-0.05, 0) is 43.3 Å². The van der Waals surface area contributed by atoms with Gasteiger partial charge in [-0.3, -0.25) is 9.59 Å². The highest BCUT2D eigenvalue weighted by Gasteiger charge is 2.29. The van der Waals surface area contributed by atoms with Crippen LogP contribution >= 0.6 is 0 Å². The number of nitrogens with two attached hydrogens (primary N) is 1. The lowest BCUT2D eigenvalue weighted by Gasteiger charge is -2.28. The molecule has 0 atom stereocenters. The molecule has 8 nitrogen and oxygen atoms in total. The molecule has 0 bridgehead atoms. The van der Waals surface area contributed by atoms with E-state index in [1.807, 2.05) is 48.5 Å². The molecule has 3 aromatic rings. The molecule has 0 saturated heterocycles. The molecular formula is C24H21N5O3. The molecular weight excluding hydrogens is 406 g/mol. The third-order valence-electron chi connectivity index (χ3n) is 5.24. The highest BCUT2D eigenvalue weighted by molar-refractivity contribution is 5.98. The summed E-state index contributed by atoms with van der Waals surface area (Å²) in [6.07, 6.45) is 1.49. The first-order valence-electron chi connectivity index (χ1n) is 10.1. The fourth-order valence-corrected chi connectivity index (χ4v) is 3.67. The van der Waals surface area contributed by atoms with Crippen molar-refractivity contribution in [1.29, 1.82) is 5.26 Å². The smallest absolute Gasteiger partial charge is 0.267 e. The zero-order valence-corrected chi connectivity index (χ0v) is 17.5. The number of para-hydroxylation sites is 1. The molecule has 0 unspecified atom stereocenters. The van der Waals surface area contributed by atoms with Crippen LogP contribution in [0.15, 0.2) is 66.2 Å². The molecule has 160 valence electrons. The van der Waals surface area contributed by atoms with E-state index in [1.54, 1.807) is 28.5 Å².